The van der Waals surface area contributed by atoms with Gasteiger partial charge in [-0.15, -0.1) is 0 Å². The van der Waals surface area contributed by atoms with Gasteiger partial charge in [-0.05, 0) is 18.9 Å². The summed E-state index contributed by atoms with van der Waals surface area (Å²) in [6.45, 7) is 5.02. The lowest BCUT2D eigenvalue weighted by Crippen LogP contribution is -2.23. The van der Waals surface area contributed by atoms with Crippen LogP contribution < -0.4 is 0 Å². The summed E-state index contributed by atoms with van der Waals surface area (Å²) in [6, 6.07) is 1.88. The highest BCUT2D eigenvalue weighted by Gasteiger charge is 2.22. The second kappa shape index (κ2) is 7.23. The third kappa shape index (κ3) is 3.35. The first-order valence-electron chi connectivity index (χ1n) is 8.31. The van der Waals surface area contributed by atoms with Crippen molar-refractivity contribution >= 4 is 11.6 Å². The zero-order chi connectivity index (χ0) is 17.3. The van der Waals surface area contributed by atoms with Gasteiger partial charge in [0.15, 0.2) is 0 Å². The van der Waals surface area contributed by atoms with Gasteiger partial charge in [-0.2, -0.15) is 10.2 Å². The van der Waals surface area contributed by atoms with E-state index in [-0.39, 0.29) is 6.61 Å². The predicted molar refractivity (Wildman–Crippen MR) is 90.6 cm³/mol. The molecule has 1 aliphatic rings. The van der Waals surface area contributed by atoms with E-state index < -0.39 is 6.10 Å². The molecule has 0 aliphatic carbocycles. The number of aromatic nitrogens is 4. The average molecular weight is 354 g/mol. The molecule has 0 radical (unpaired) electrons. The van der Waals surface area contributed by atoms with Gasteiger partial charge in [0.25, 0.3) is 0 Å². The SMILES string of the molecule is CCc1nn(C)c(Cl)c1CN1CCCn2nc(C(O)CO)cc2C1. The van der Waals surface area contributed by atoms with Crippen LogP contribution in [0.5, 0.6) is 0 Å². The van der Waals surface area contributed by atoms with Gasteiger partial charge < -0.3 is 10.2 Å². The number of fused-ring (bicyclic) bond motifs is 1. The maximum atomic E-state index is 9.79. The number of hydrogen-bond acceptors (Lipinski definition) is 5. The van der Waals surface area contributed by atoms with E-state index in [1.165, 1.54) is 0 Å². The van der Waals surface area contributed by atoms with Crippen LogP contribution in [0, 0.1) is 0 Å². The zero-order valence-electron chi connectivity index (χ0n) is 14.1. The Kier molecular flexibility index (Phi) is 5.24. The minimum Gasteiger partial charge on any atom is -0.393 e. The number of hydrogen-bond donors (Lipinski definition) is 2. The number of aliphatic hydroxyl groups excluding tert-OH is 2. The molecule has 0 bridgehead atoms. The van der Waals surface area contributed by atoms with E-state index in [1.54, 1.807) is 4.68 Å². The van der Waals surface area contributed by atoms with Crippen LogP contribution in [-0.2, 0) is 33.1 Å². The summed E-state index contributed by atoms with van der Waals surface area (Å²) < 4.78 is 3.66. The summed E-state index contributed by atoms with van der Waals surface area (Å²) in [5.41, 5.74) is 3.71. The maximum Gasteiger partial charge on any atom is 0.131 e. The maximum absolute atomic E-state index is 9.79. The Bertz CT molecular complexity index is 712. The summed E-state index contributed by atoms with van der Waals surface area (Å²) in [5.74, 6) is 0. The lowest BCUT2D eigenvalue weighted by molar-refractivity contribution is 0.0916. The molecule has 132 valence electrons. The Hall–Kier alpha value is -1.41. The van der Waals surface area contributed by atoms with Crippen LogP contribution in [-0.4, -0.2) is 47.8 Å². The van der Waals surface area contributed by atoms with Crippen LogP contribution in [0.1, 0.15) is 42.1 Å². The highest BCUT2D eigenvalue weighted by Crippen LogP contribution is 2.24. The Morgan fingerprint density at radius 3 is 2.83 bits per heavy atom. The van der Waals surface area contributed by atoms with E-state index in [0.717, 1.165) is 56.0 Å². The smallest absolute Gasteiger partial charge is 0.131 e. The van der Waals surface area contributed by atoms with Gasteiger partial charge in [-0.1, -0.05) is 18.5 Å². The van der Waals surface area contributed by atoms with Crippen LogP contribution in [0.4, 0.5) is 0 Å². The molecule has 2 aromatic heterocycles. The van der Waals surface area contributed by atoms with E-state index in [9.17, 15) is 5.11 Å². The third-order valence-electron chi connectivity index (χ3n) is 4.50. The highest BCUT2D eigenvalue weighted by atomic mass is 35.5. The van der Waals surface area contributed by atoms with E-state index in [1.807, 2.05) is 17.8 Å². The molecule has 0 amide bonds. The first kappa shape index (κ1) is 17.4. The van der Waals surface area contributed by atoms with Crippen molar-refractivity contribution in [3.63, 3.8) is 0 Å². The van der Waals surface area contributed by atoms with Crippen LogP contribution in [0.15, 0.2) is 6.07 Å². The van der Waals surface area contributed by atoms with Gasteiger partial charge in [0.2, 0.25) is 0 Å². The molecule has 0 spiro atoms. The Morgan fingerprint density at radius 1 is 1.33 bits per heavy atom. The molecule has 2 aromatic rings. The van der Waals surface area contributed by atoms with Crippen LogP contribution in [0.3, 0.4) is 0 Å². The van der Waals surface area contributed by atoms with Gasteiger partial charge >= 0.3 is 0 Å². The molecule has 2 N–H and O–H groups in total. The van der Waals surface area contributed by atoms with Crippen molar-refractivity contribution in [2.75, 3.05) is 13.2 Å². The molecule has 1 atom stereocenters. The van der Waals surface area contributed by atoms with E-state index in [2.05, 4.69) is 22.0 Å². The molecule has 7 nitrogen and oxygen atoms in total. The number of aliphatic hydroxyl groups is 2. The van der Waals surface area contributed by atoms with Crippen LogP contribution in [0.2, 0.25) is 5.15 Å². The fourth-order valence-corrected chi connectivity index (χ4v) is 3.41. The predicted octanol–water partition coefficient (Wildman–Crippen LogP) is 1.26. The quantitative estimate of drug-likeness (QED) is 0.846. The van der Waals surface area contributed by atoms with Crippen molar-refractivity contribution in [3.8, 4) is 0 Å². The summed E-state index contributed by atoms with van der Waals surface area (Å²) in [7, 11) is 1.87. The van der Waals surface area contributed by atoms with Crippen molar-refractivity contribution in [1.29, 1.82) is 0 Å². The third-order valence-corrected chi connectivity index (χ3v) is 4.97. The molecule has 24 heavy (non-hydrogen) atoms. The average Bonchev–Trinajstić information content (AvgIpc) is 3.03. The standard InChI is InChI=1S/C16H24ClN5O2/c1-3-13-12(16(17)20(2)18-13)9-21-5-4-6-22-11(8-21)7-14(19-22)15(24)10-23/h7,15,23-24H,3-6,8-10H2,1-2H3. The number of aryl methyl sites for hydroxylation is 3. The Labute approximate surface area is 146 Å². The molecular weight excluding hydrogens is 330 g/mol. The lowest BCUT2D eigenvalue weighted by atomic mass is 10.2. The van der Waals surface area contributed by atoms with Crippen LogP contribution >= 0.6 is 11.6 Å². The van der Waals surface area contributed by atoms with E-state index >= 15 is 0 Å². The fraction of sp³-hybridized carbons (Fsp3) is 0.625. The van der Waals surface area contributed by atoms with Gasteiger partial charge in [-0.3, -0.25) is 14.3 Å². The van der Waals surface area contributed by atoms with E-state index in [4.69, 9.17) is 16.7 Å². The second-order valence-electron chi connectivity index (χ2n) is 6.24. The molecular formula is C16H24ClN5O2. The fourth-order valence-electron chi connectivity index (χ4n) is 3.21. The monoisotopic (exact) mass is 353 g/mol. The van der Waals surface area contributed by atoms with Gasteiger partial charge in [0, 0.05) is 38.8 Å². The molecule has 0 aromatic carbocycles. The second-order valence-corrected chi connectivity index (χ2v) is 6.60. The zero-order valence-corrected chi connectivity index (χ0v) is 14.9. The summed E-state index contributed by atoms with van der Waals surface area (Å²) in [5, 5.41) is 28.5. The lowest BCUT2D eigenvalue weighted by Gasteiger charge is -2.19. The van der Waals surface area contributed by atoms with Crippen molar-refractivity contribution in [2.24, 2.45) is 7.05 Å². The van der Waals surface area contributed by atoms with Gasteiger partial charge in [0.05, 0.1) is 23.7 Å². The van der Waals surface area contributed by atoms with Gasteiger partial charge in [-0.25, -0.2) is 0 Å². The normalized spacial score (nSPS) is 16.9. The molecule has 1 unspecified atom stereocenters. The Balaban J connectivity index is 1.80. The number of halogens is 1. The van der Waals surface area contributed by atoms with Crippen molar-refractivity contribution < 1.29 is 10.2 Å². The summed E-state index contributed by atoms with van der Waals surface area (Å²) >= 11 is 6.41. The Morgan fingerprint density at radius 2 is 2.12 bits per heavy atom. The molecule has 0 saturated carbocycles. The molecule has 0 saturated heterocycles. The number of rotatable bonds is 5. The number of nitrogens with zero attached hydrogens (tertiary/aromatic N) is 5. The summed E-state index contributed by atoms with van der Waals surface area (Å²) in [4.78, 5) is 2.33. The minimum atomic E-state index is -0.919. The minimum absolute atomic E-state index is 0.314. The molecule has 0 fully saturated rings. The highest BCUT2D eigenvalue weighted by molar-refractivity contribution is 6.30. The van der Waals surface area contributed by atoms with Crippen molar-refractivity contribution in [1.82, 2.24) is 24.5 Å². The van der Waals surface area contributed by atoms with E-state index in [0.29, 0.717) is 10.8 Å². The first-order chi connectivity index (χ1) is 11.5. The van der Waals surface area contributed by atoms with Crippen molar-refractivity contribution in [3.05, 3.63) is 33.9 Å². The molecule has 8 heteroatoms. The molecule has 3 rings (SSSR count). The molecule has 3 heterocycles. The topological polar surface area (TPSA) is 79.3 Å². The van der Waals surface area contributed by atoms with Gasteiger partial charge in [0.1, 0.15) is 11.3 Å². The summed E-state index contributed by atoms with van der Waals surface area (Å²) in [6.07, 6.45) is 0.911. The van der Waals surface area contributed by atoms with Crippen LogP contribution in [0.25, 0.3) is 0 Å². The largest absolute Gasteiger partial charge is 0.393 e. The van der Waals surface area contributed by atoms with Crippen molar-refractivity contribution in [2.45, 2.75) is 45.5 Å². The first-order valence-corrected chi connectivity index (χ1v) is 8.69. The molecule has 1 aliphatic heterocycles.